The highest BCUT2D eigenvalue weighted by molar-refractivity contribution is 8.58. The number of hydrogen-bond acceptors (Lipinski definition) is 5. The molecule has 1 aliphatic heterocycles. The zero-order valence-electron chi connectivity index (χ0n) is 18.3. The van der Waals surface area contributed by atoms with Gasteiger partial charge in [-0.05, 0) is 80.6 Å². The summed E-state index contributed by atoms with van der Waals surface area (Å²) >= 11 is 1.31. The Morgan fingerprint density at radius 2 is 1.55 bits per heavy atom. The minimum atomic E-state index is -2.90. The van der Waals surface area contributed by atoms with Crippen molar-refractivity contribution in [3.05, 3.63) is 59.7 Å². The third kappa shape index (κ3) is 5.94. The molecule has 1 unspecified atom stereocenters. The van der Waals surface area contributed by atoms with Gasteiger partial charge in [0, 0.05) is 18.1 Å². The number of amides is 1. The van der Waals surface area contributed by atoms with Gasteiger partial charge in [0.05, 0.1) is 7.11 Å². The summed E-state index contributed by atoms with van der Waals surface area (Å²) in [5.74, 6) is 0.416. The molecule has 1 fully saturated rings. The van der Waals surface area contributed by atoms with Gasteiger partial charge in [0.25, 0.3) is 0 Å². The number of unbranched alkanes of at least 4 members (excludes halogenated alkanes) is 1. The Kier molecular flexibility index (Phi) is 8.26. The van der Waals surface area contributed by atoms with Crippen molar-refractivity contribution in [2.75, 3.05) is 27.0 Å². The lowest BCUT2D eigenvalue weighted by Gasteiger charge is -2.38. The number of benzene rings is 2. The molecule has 0 spiro atoms. The predicted octanol–water partition coefficient (Wildman–Crippen LogP) is 5.30. The van der Waals surface area contributed by atoms with Gasteiger partial charge in [0.2, 0.25) is 5.91 Å². The molecule has 2 N–H and O–H groups in total. The molecule has 1 saturated heterocycles. The van der Waals surface area contributed by atoms with E-state index in [-0.39, 0.29) is 0 Å². The first-order chi connectivity index (χ1) is 14.9. The number of carbonyl (C=O) groups excluding carboxylic acids is 1. The van der Waals surface area contributed by atoms with Crippen LogP contribution in [0.3, 0.4) is 0 Å². The summed E-state index contributed by atoms with van der Waals surface area (Å²) in [7, 11) is 1.68. The van der Waals surface area contributed by atoms with Crippen LogP contribution in [-0.4, -0.2) is 38.1 Å². The first-order valence-corrected chi connectivity index (χ1v) is 14.3. The molecule has 7 heteroatoms. The van der Waals surface area contributed by atoms with Crippen molar-refractivity contribution in [2.45, 2.75) is 48.6 Å². The van der Waals surface area contributed by atoms with Crippen molar-refractivity contribution in [3.63, 3.8) is 0 Å². The molecule has 2 aromatic carbocycles. The predicted molar refractivity (Wildman–Crippen MR) is 127 cm³/mol. The lowest BCUT2D eigenvalue weighted by Crippen LogP contribution is -2.47. The number of carbonyl (C=O) groups is 1. The van der Waals surface area contributed by atoms with Gasteiger partial charge in [0.15, 0.2) is 6.34 Å². The molecular weight excluding hydrogens is 429 g/mol. The van der Waals surface area contributed by atoms with E-state index in [4.69, 9.17) is 15.2 Å². The number of nitrogens with two attached hydrogens (primary N) is 1. The number of ether oxygens (including phenoxy) is 2. The van der Waals surface area contributed by atoms with Gasteiger partial charge in [-0.1, -0.05) is 35.6 Å². The van der Waals surface area contributed by atoms with E-state index in [1.165, 1.54) is 22.5 Å². The minimum Gasteiger partial charge on any atom is -0.497 e. The van der Waals surface area contributed by atoms with Gasteiger partial charge >= 0.3 is 0 Å². The Labute approximate surface area is 189 Å². The largest absolute Gasteiger partial charge is 0.497 e. The average Bonchev–Trinajstić information content (AvgIpc) is 2.78. The molecule has 1 amide bonds. The fourth-order valence-corrected chi connectivity index (χ4v) is 9.16. The van der Waals surface area contributed by atoms with E-state index < -0.39 is 17.4 Å². The van der Waals surface area contributed by atoms with E-state index in [1.807, 2.05) is 24.3 Å². The van der Waals surface area contributed by atoms with E-state index in [1.54, 1.807) is 13.8 Å². The molecule has 1 aliphatic rings. The number of aryl methyl sites for hydroxylation is 2. The number of hydrogen-bond donors (Lipinski definition) is 1. The molecule has 0 saturated carbocycles. The highest BCUT2D eigenvalue weighted by atomic mass is 32.7. The van der Waals surface area contributed by atoms with Gasteiger partial charge in [0.1, 0.15) is 10.9 Å². The van der Waals surface area contributed by atoms with Crippen LogP contribution in [0.5, 0.6) is 5.75 Å². The Balaban J connectivity index is 1.52. The van der Waals surface area contributed by atoms with Crippen LogP contribution in [-0.2, 0) is 26.9 Å². The summed E-state index contributed by atoms with van der Waals surface area (Å²) in [6.45, 7) is 2.55. The number of primary amides is 1. The first-order valence-electron chi connectivity index (χ1n) is 10.7. The van der Waals surface area contributed by atoms with Crippen LogP contribution in [0.1, 0.15) is 36.8 Å². The Bertz CT molecular complexity index is 908. The molecule has 0 radical (unpaired) electrons. The highest BCUT2D eigenvalue weighted by Gasteiger charge is 2.51. The maximum atomic E-state index is 13.6. The normalized spacial score (nSPS) is 17.6. The third-order valence-electron chi connectivity index (χ3n) is 6.10. The van der Waals surface area contributed by atoms with E-state index >= 15 is 0 Å². The zero-order chi connectivity index (χ0) is 22.3. The van der Waals surface area contributed by atoms with Crippen molar-refractivity contribution >= 4 is 23.6 Å². The van der Waals surface area contributed by atoms with Gasteiger partial charge in [-0.3, -0.25) is 4.79 Å². The van der Waals surface area contributed by atoms with Crippen LogP contribution in [0.4, 0.5) is 0 Å². The summed E-state index contributed by atoms with van der Waals surface area (Å²) in [6, 6.07) is 16.4. The summed E-state index contributed by atoms with van der Waals surface area (Å²) in [5, 5.41) is -0.976. The topological polar surface area (TPSA) is 78.6 Å². The lowest BCUT2D eigenvalue weighted by molar-refractivity contribution is -0.122. The molecule has 5 nitrogen and oxygen atoms in total. The average molecular weight is 462 g/mol. The molecule has 168 valence electrons. The second-order valence-corrected chi connectivity index (χ2v) is 14.0. The first kappa shape index (κ1) is 23.9. The van der Waals surface area contributed by atoms with E-state index in [0.29, 0.717) is 26.1 Å². The summed E-state index contributed by atoms with van der Waals surface area (Å²) < 4.78 is 24.1. The van der Waals surface area contributed by atoms with Crippen LogP contribution in [0.15, 0.2) is 53.4 Å². The second-order valence-electron chi connectivity index (χ2n) is 8.14. The third-order valence-corrected chi connectivity index (χ3v) is 11.9. The SMILES string of the molecule is COc1ccc(CCCCc2ccc(SP(C)(=O)C3(C(N)=O)CCOCC3)cc2)cc1. The highest BCUT2D eigenvalue weighted by Crippen LogP contribution is 2.70. The Hall–Kier alpha value is -1.75. The quantitative estimate of drug-likeness (QED) is 0.384. The summed E-state index contributed by atoms with van der Waals surface area (Å²) in [5.41, 5.74) is 8.29. The minimum absolute atomic E-state index is 0.426. The lowest BCUT2D eigenvalue weighted by atomic mass is 9.98. The smallest absolute Gasteiger partial charge is 0.232 e. The molecule has 1 heterocycles. The molecule has 0 aliphatic carbocycles. The van der Waals surface area contributed by atoms with E-state index in [9.17, 15) is 9.36 Å². The van der Waals surface area contributed by atoms with Crippen molar-refractivity contribution in [3.8, 4) is 5.75 Å². The standard InChI is InChI=1S/C24H32NO4PS/c1-28-21-11-7-19(8-12-21)5-3-4-6-20-9-13-22(14-10-20)31-30(2,27)24(23(25)26)15-17-29-18-16-24/h7-14H,3-6,15-18H2,1-2H3,(H2,25,26). The van der Waals surface area contributed by atoms with Crippen LogP contribution in [0, 0.1) is 0 Å². The fraction of sp³-hybridized carbons (Fsp3) is 0.458. The van der Waals surface area contributed by atoms with Crippen molar-refractivity contribution in [1.29, 1.82) is 0 Å². The van der Waals surface area contributed by atoms with Crippen LogP contribution in [0.25, 0.3) is 0 Å². The number of rotatable bonds is 10. The van der Waals surface area contributed by atoms with Gasteiger partial charge in [-0.15, -0.1) is 0 Å². The van der Waals surface area contributed by atoms with Gasteiger partial charge in [-0.2, -0.15) is 0 Å². The van der Waals surface area contributed by atoms with Crippen molar-refractivity contribution < 1.29 is 18.8 Å². The Morgan fingerprint density at radius 1 is 1.03 bits per heavy atom. The second kappa shape index (κ2) is 10.7. The van der Waals surface area contributed by atoms with Crippen molar-refractivity contribution in [2.24, 2.45) is 5.73 Å². The summed E-state index contributed by atoms with van der Waals surface area (Å²) in [6.07, 6.45) is 2.23. The zero-order valence-corrected chi connectivity index (χ0v) is 20.1. The van der Waals surface area contributed by atoms with Gasteiger partial charge in [-0.25, -0.2) is 0 Å². The maximum Gasteiger partial charge on any atom is 0.232 e. The number of methoxy groups -OCH3 is 1. The van der Waals surface area contributed by atoms with Crippen molar-refractivity contribution in [1.82, 2.24) is 0 Å². The van der Waals surface area contributed by atoms with E-state index in [0.717, 1.165) is 36.3 Å². The molecule has 0 bridgehead atoms. The molecule has 31 heavy (non-hydrogen) atoms. The summed E-state index contributed by atoms with van der Waals surface area (Å²) in [4.78, 5) is 13.1. The Morgan fingerprint density at radius 3 is 2.03 bits per heavy atom. The van der Waals surface area contributed by atoms with Crippen LogP contribution < -0.4 is 10.5 Å². The van der Waals surface area contributed by atoms with Crippen LogP contribution in [0.2, 0.25) is 0 Å². The molecular formula is C24H32NO4PS. The van der Waals surface area contributed by atoms with E-state index in [2.05, 4.69) is 24.3 Å². The van der Waals surface area contributed by atoms with Gasteiger partial charge < -0.3 is 19.8 Å². The molecule has 0 aromatic heterocycles. The maximum absolute atomic E-state index is 13.6. The monoisotopic (exact) mass is 461 g/mol. The molecule has 1 atom stereocenters. The van der Waals surface area contributed by atoms with Crippen LogP contribution >= 0.6 is 17.7 Å². The molecule has 3 rings (SSSR count). The fourth-order valence-electron chi connectivity index (χ4n) is 4.02. The molecule has 2 aromatic rings.